The third kappa shape index (κ3) is 5.40. The number of alkyl halides is 2. The number of para-hydroxylation sites is 2. The standard InChI is InChI=1S/C32H30Cl2N2O3/c33-31(19-25-13-9-21-5-1-3-7-27(21)37-25)17-23(35)11-15-29(31)39-30-16-12-24(36)18-32(30,34)20-26-14-10-22-6-2-4-8-28(22)38-26/h1-18,25-26,29-30H,19-20,35-36H2. The first-order valence-electron chi connectivity index (χ1n) is 13.0. The van der Waals surface area contributed by atoms with Gasteiger partial charge >= 0.3 is 0 Å². The number of allylic oxidation sites excluding steroid dienone is 2. The Kier molecular flexibility index (Phi) is 6.84. The summed E-state index contributed by atoms with van der Waals surface area (Å²) in [6.07, 6.45) is 18.6. The van der Waals surface area contributed by atoms with E-state index in [0.29, 0.717) is 24.2 Å². The number of hydrogen-bond donors (Lipinski definition) is 2. The van der Waals surface area contributed by atoms with Crippen molar-refractivity contribution in [3.05, 3.63) is 120 Å². The van der Waals surface area contributed by atoms with E-state index in [0.717, 1.165) is 22.6 Å². The smallest absolute Gasteiger partial charge is 0.127 e. The minimum absolute atomic E-state index is 0.252. The second-order valence-electron chi connectivity index (χ2n) is 10.4. The van der Waals surface area contributed by atoms with Gasteiger partial charge in [-0.15, -0.1) is 23.2 Å². The average Bonchev–Trinajstić information content (AvgIpc) is 2.91. The van der Waals surface area contributed by atoms with E-state index in [1.165, 1.54) is 0 Å². The van der Waals surface area contributed by atoms with Crippen LogP contribution in [0.5, 0.6) is 11.5 Å². The van der Waals surface area contributed by atoms with Crippen molar-refractivity contribution in [2.45, 2.75) is 47.0 Å². The highest BCUT2D eigenvalue weighted by atomic mass is 35.5. The van der Waals surface area contributed by atoms with E-state index in [4.69, 9.17) is 48.9 Å². The predicted molar refractivity (Wildman–Crippen MR) is 158 cm³/mol. The summed E-state index contributed by atoms with van der Waals surface area (Å²) in [5.41, 5.74) is 15.6. The van der Waals surface area contributed by atoms with Crippen LogP contribution in [-0.2, 0) is 4.74 Å². The SMILES string of the molecule is NC1=CC(Cl)(CC2C=Cc3ccccc3O2)C(OC2C=CC(N)=CC2(Cl)CC2C=Cc3ccccc3O2)C=C1. The van der Waals surface area contributed by atoms with Crippen LogP contribution < -0.4 is 20.9 Å². The first-order valence-corrected chi connectivity index (χ1v) is 13.8. The largest absolute Gasteiger partial charge is 0.486 e. The second kappa shape index (κ2) is 10.3. The summed E-state index contributed by atoms with van der Waals surface area (Å²) >= 11 is 14.6. The van der Waals surface area contributed by atoms with Gasteiger partial charge in [-0.05, 0) is 48.6 Å². The molecule has 2 heterocycles. The zero-order valence-corrected chi connectivity index (χ0v) is 22.8. The summed E-state index contributed by atoms with van der Waals surface area (Å²) < 4.78 is 19.2. The van der Waals surface area contributed by atoms with E-state index in [2.05, 4.69) is 12.2 Å². The maximum atomic E-state index is 7.30. The maximum absolute atomic E-state index is 7.30. The average molecular weight is 562 g/mol. The Balaban J connectivity index is 1.21. The lowest BCUT2D eigenvalue weighted by atomic mass is 9.86. The molecule has 2 aliphatic carbocycles. The molecule has 0 fully saturated rings. The fraction of sp³-hybridized carbons (Fsp3) is 0.250. The first-order chi connectivity index (χ1) is 18.8. The van der Waals surface area contributed by atoms with Gasteiger partial charge in [-0.3, -0.25) is 0 Å². The van der Waals surface area contributed by atoms with E-state index in [1.54, 1.807) is 0 Å². The summed E-state index contributed by atoms with van der Waals surface area (Å²) in [7, 11) is 0. The Morgan fingerprint density at radius 1 is 0.641 bits per heavy atom. The molecule has 6 atom stereocenters. The highest BCUT2D eigenvalue weighted by Crippen LogP contribution is 2.42. The van der Waals surface area contributed by atoms with Crippen molar-refractivity contribution < 1.29 is 14.2 Å². The molecule has 5 nitrogen and oxygen atoms in total. The van der Waals surface area contributed by atoms with Gasteiger partial charge in [-0.25, -0.2) is 0 Å². The van der Waals surface area contributed by atoms with Gasteiger partial charge in [-0.2, -0.15) is 0 Å². The van der Waals surface area contributed by atoms with Gasteiger partial charge in [0.2, 0.25) is 0 Å². The molecule has 39 heavy (non-hydrogen) atoms. The number of fused-ring (bicyclic) bond motifs is 2. The van der Waals surface area contributed by atoms with Crippen LogP contribution in [0.25, 0.3) is 12.2 Å². The summed E-state index contributed by atoms with van der Waals surface area (Å²) in [5, 5.41) is 0. The molecule has 4 aliphatic rings. The van der Waals surface area contributed by atoms with E-state index >= 15 is 0 Å². The van der Waals surface area contributed by atoms with Crippen molar-refractivity contribution >= 4 is 35.4 Å². The van der Waals surface area contributed by atoms with Crippen LogP contribution in [0, 0.1) is 0 Å². The van der Waals surface area contributed by atoms with Crippen molar-refractivity contribution in [3.63, 3.8) is 0 Å². The molecule has 7 heteroatoms. The molecule has 0 bridgehead atoms. The number of nitrogens with two attached hydrogens (primary N) is 2. The molecule has 200 valence electrons. The van der Waals surface area contributed by atoms with Gasteiger partial charge in [-0.1, -0.05) is 60.7 Å². The van der Waals surface area contributed by atoms with Gasteiger partial charge in [0.15, 0.2) is 0 Å². The van der Waals surface area contributed by atoms with Crippen molar-refractivity contribution in [2.75, 3.05) is 0 Å². The molecule has 6 unspecified atom stereocenters. The summed E-state index contributed by atoms with van der Waals surface area (Å²) in [4.78, 5) is -1.92. The van der Waals surface area contributed by atoms with Gasteiger partial charge in [0.1, 0.15) is 23.7 Å². The molecule has 0 radical (unpaired) electrons. The van der Waals surface area contributed by atoms with Crippen molar-refractivity contribution in [3.8, 4) is 11.5 Å². The van der Waals surface area contributed by atoms with Crippen LogP contribution in [0.15, 0.2) is 109 Å². The second-order valence-corrected chi connectivity index (χ2v) is 11.8. The Morgan fingerprint density at radius 3 is 1.54 bits per heavy atom. The molecule has 4 N–H and O–H groups in total. The quantitative estimate of drug-likeness (QED) is 0.408. The van der Waals surface area contributed by atoms with E-state index in [9.17, 15) is 0 Å². The molecule has 0 amide bonds. The topological polar surface area (TPSA) is 79.7 Å². The Morgan fingerprint density at radius 2 is 1.08 bits per heavy atom. The number of ether oxygens (including phenoxy) is 3. The highest BCUT2D eigenvalue weighted by Gasteiger charge is 2.45. The van der Waals surface area contributed by atoms with Crippen molar-refractivity contribution in [1.29, 1.82) is 0 Å². The Hall–Kier alpha value is -3.38. The van der Waals surface area contributed by atoms with Gasteiger partial charge in [0.25, 0.3) is 0 Å². The van der Waals surface area contributed by atoms with Crippen molar-refractivity contribution in [1.82, 2.24) is 0 Å². The van der Waals surface area contributed by atoms with Crippen LogP contribution in [-0.4, -0.2) is 34.2 Å². The third-order valence-electron chi connectivity index (χ3n) is 7.38. The number of hydrogen-bond acceptors (Lipinski definition) is 5. The zero-order chi connectivity index (χ0) is 27.0. The molecule has 0 saturated heterocycles. The fourth-order valence-electron chi connectivity index (χ4n) is 5.47. The van der Waals surface area contributed by atoms with Crippen molar-refractivity contribution in [2.24, 2.45) is 11.5 Å². The van der Waals surface area contributed by atoms with Gasteiger partial charge < -0.3 is 25.7 Å². The van der Waals surface area contributed by atoms with E-state index < -0.39 is 22.0 Å². The summed E-state index contributed by atoms with van der Waals surface area (Å²) in [6, 6.07) is 15.8. The number of benzene rings is 2. The van der Waals surface area contributed by atoms with Gasteiger partial charge in [0, 0.05) is 35.4 Å². The zero-order valence-electron chi connectivity index (χ0n) is 21.3. The fourth-order valence-corrected chi connectivity index (χ4v) is 6.28. The van der Waals surface area contributed by atoms with E-state index in [-0.39, 0.29) is 12.2 Å². The lowest BCUT2D eigenvalue weighted by Gasteiger charge is -2.42. The molecule has 0 aromatic heterocycles. The molecule has 0 spiro atoms. The number of rotatable bonds is 6. The van der Waals surface area contributed by atoms with Gasteiger partial charge in [0.05, 0.1) is 22.0 Å². The molecule has 2 aliphatic heterocycles. The van der Waals surface area contributed by atoms with Crippen LogP contribution in [0.3, 0.4) is 0 Å². The van der Waals surface area contributed by atoms with Crippen LogP contribution in [0.2, 0.25) is 0 Å². The van der Waals surface area contributed by atoms with Crippen LogP contribution in [0.1, 0.15) is 24.0 Å². The molecular weight excluding hydrogens is 531 g/mol. The molecule has 0 saturated carbocycles. The Bertz CT molecular complexity index is 1340. The molecular formula is C32H30Cl2N2O3. The molecule has 6 rings (SSSR count). The maximum Gasteiger partial charge on any atom is 0.127 e. The lowest BCUT2D eigenvalue weighted by Crippen LogP contribution is -2.49. The van der Waals surface area contributed by atoms with Crippen LogP contribution in [0.4, 0.5) is 0 Å². The van der Waals surface area contributed by atoms with Crippen LogP contribution >= 0.6 is 23.2 Å². The Labute approximate surface area is 238 Å². The number of halogens is 2. The highest BCUT2D eigenvalue weighted by molar-refractivity contribution is 6.26. The summed E-state index contributed by atoms with van der Waals surface area (Å²) in [5.74, 6) is 1.65. The predicted octanol–water partition coefficient (Wildman–Crippen LogP) is 6.25. The first kappa shape index (κ1) is 25.9. The molecule has 2 aromatic carbocycles. The minimum Gasteiger partial charge on any atom is -0.486 e. The summed E-state index contributed by atoms with van der Waals surface area (Å²) in [6.45, 7) is 0. The normalized spacial score (nSPS) is 32.4. The minimum atomic E-state index is -0.960. The lowest BCUT2D eigenvalue weighted by molar-refractivity contribution is -0.00182. The van der Waals surface area contributed by atoms with E-state index in [1.807, 2.05) is 97.1 Å². The molecule has 2 aromatic rings. The third-order valence-corrected chi connectivity index (χ3v) is 8.34. The monoisotopic (exact) mass is 560 g/mol.